The van der Waals surface area contributed by atoms with Crippen LogP contribution in [0.15, 0.2) is 18.2 Å². The monoisotopic (exact) mass is 291 g/mol. The predicted octanol–water partition coefficient (Wildman–Crippen LogP) is 1.89. The molecule has 0 aliphatic carbocycles. The molecule has 3 nitrogen and oxygen atoms in total. The predicted molar refractivity (Wildman–Crippen MR) is 58.4 cm³/mol. The molecule has 0 aliphatic rings. The van der Waals surface area contributed by atoms with E-state index in [1.807, 2.05) is 19.1 Å². The van der Waals surface area contributed by atoms with E-state index >= 15 is 0 Å². The maximum Gasteiger partial charge on any atom is 0.275 e. The lowest BCUT2D eigenvalue weighted by molar-refractivity contribution is 0.0537. The standard InChI is InChI=1S/C9H10INO2/c1-6-7(9(12)11-13-2)4-3-5-8(6)10/h3-5H,1-2H3,(H,11,12). The van der Waals surface area contributed by atoms with Crippen molar-refractivity contribution in [1.82, 2.24) is 5.48 Å². The number of hydroxylamine groups is 1. The second-order valence-electron chi connectivity index (χ2n) is 2.55. The largest absolute Gasteiger partial charge is 0.277 e. The SMILES string of the molecule is CONC(=O)c1cccc(I)c1C. The van der Waals surface area contributed by atoms with E-state index in [2.05, 4.69) is 32.9 Å². The summed E-state index contributed by atoms with van der Waals surface area (Å²) in [6, 6.07) is 5.57. The van der Waals surface area contributed by atoms with Crippen molar-refractivity contribution in [3.05, 3.63) is 32.9 Å². The number of hydrogen-bond acceptors (Lipinski definition) is 2. The van der Waals surface area contributed by atoms with Crippen molar-refractivity contribution in [2.24, 2.45) is 0 Å². The van der Waals surface area contributed by atoms with Crippen LogP contribution in [-0.2, 0) is 4.84 Å². The van der Waals surface area contributed by atoms with E-state index in [0.717, 1.165) is 9.13 Å². The van der Waals surface area contributed by atoms with Gasteiger partial charge in [-0.15, -0.1) is 0 Å². The lowest BCUT2D eigenvalue weighted by Gasteiger charge is -2.06. The molecule has 0 saturated heterocycles. The van der Waals surface area contributed by atoms with Crippen LogP contribution in [0.2, 0.25) is 0 Å². The van der Waals surface area contributed by atoms with Gasteiger partial charge in [0.15, 0.2) is 0 Å². The fraction of sp³-hybridized carbons (Fsp3) is 0.222. The van der Waals surface area contributed by atoms with Gasteiger partial charge >= 0.3 is 0 Å². The first kappa shape index (κ1) is 10.5. The number of rotatable bonds is 2. The molecule has 70 valence electrons. The highest BCUT2D eigenvalue weighted by Crippen LogP contribution is 2.15. The third-order valence-corrected chi connectivity index (χ3v) is 2.88. The molecule has 1 N–H and O–H groups in total. The van der Waals surface area contributed by atoms with Crippen LogP contribution in [0.4, 0.5) is 0 Å². The van der Waals surface area contributed by atoms with Crippen LogP contribution >= 0.6 is 22.6 Å². The Labute approximate surface area is 90.6 Å². The minimum Gasteiger partial charge on any atom is -0.277 e. The summed E-state index contributed by atoms with van der Waals surface area (Å²) >= 11 is 2.19. The Morgan fingerprint density at radius 3 is 2.85 bits per heavy atom. The summed E-state index contributed by atoms with van der Waals surface area (Å²) in [5.74, 6) is -0.210. The van der Waals surface area contributed by atoms with Gasteiger partial charge in [-0.3, -0.25) is 9.63 Å². The highest BCUT2D eigenvalue weighted by Gasteiger charge is 2.09. The molecule has 0 radical (unpaired) electrons. The number of amides is 1. The van der Waals surface area contributed by atoms with Gasteiger partial charge in [0.25, 0.3) is 5.91 Å². The molecule has 0 aliphatic heterocycles. The zero-order chi connectivity index (χ0) is 9.84. The summed E-state index contributed by atoms with van der Waals surface area (Å²) in [7, 11) is 1.42. The number of carbonyl (C=O) groups is 1. The number of carbonyl (C=O) groups excluding carboxylic acids is 1. The average Bonchev–Trinajstić information content (AvgIpc) is 2.10. The second kappa shape index (κ2) is 4.57. The zero-order valence-electron chi connectivity index (χ0n) is 7.43. The first-order valence-corrected chi connectivity index (χ1v) is 4.83. The van der Waals surface area contributed by atoms with Crippen LogP contribution in [0.25, 0.3) is 0 Å². The molecule has 0 atom stereocenters. The Morgan fingerprint density at radius 2 is 2.23 bits per heavy atom. The lowest BCUT2D eigenvalue weighted by atomic mass is 10.1. The van der Waals surface area contributed by atoms with Gasteiger partial charge in [0.1, 0.15) is 0 Å². The third-order valence-electron chi connectivity index (χ3n) is 1.71. The first-order chi connectivity index (χ1) is 6.16. The van der Waals surface area contributed by atoms with Gasteiger partial charge in [-0.05, 0) is 47.2 Å². The fourth-order valence-electron chi connectivity index (χ4n) is 1.00. The van der Waals surface area contributed by atoms with Crippen LogP contribution in [0.1, 0.15) is 15.9 Å². The van der Waals surface area contributed by atoms with Gasteiger partial charge < -0.3 is 0 Å². The quantitative estimate of drug-likeness (QED) is 0.667. The second-order valence-corrected chi connectivity index (χ2v) is 3.71. The Morgan fingerprint density at radius 1 is 1.54 bits per heavy atom. The normalized spacial score (nSPS) is 9.77. The van der Waals surface area contributed by atoms with Gasteiger partial charge in [0.05, 0.1) is 7.11 Å². The molecule has 4 heteroatoms. The Balaban J connectivity index is 3.01. The topological polar surface area (TPSA) is 38.3 Å². The van der Waals surface area contributed by atoms with Crippen molar-refractivity contribution >= 4 is 28.5 Å². The number of hydrogen-bond donors (Lipinski definition) is 1. The van der Waals surface area contributed by atoms with Crippen molar-refractivity contribution < 1.29 is 9.63 Å². The fourth-order valence-corrected chi connectivity index (χ4v) is 1.50. The summed E-state index contributed by atoms with van der Waals surface area (Å²) in [6.07, 6.45) is 0. The van der Waals surface area contributed by atoms with E-state index in [1.54, 1.807) is 6.07 Å². The average molecular weight is 291 g/mol. The summed E-state index contributed by atoms with van der Waals surface area (Å²) in [5.41, 5.74) is 3.90. The highest BCUT2D eigenvalue weighted by molar-refractivity contribution is 14.1. The number of benzene rings is 1. The minimum absolute atomic E-state index is 0.210. The van der Waals surface area contributed by atoms with Gasteiger partial charge in [-0.25, -0.2) is 5.48 Å². The van der Waals surface area contributed by atoms with Crippen molar-refractivity contribution in [3.63, 3.8) is 0 Å². The Bertz CT molecular complexity index is 325. The van der Waals surface area contributed by atoms with E-state index in [1.165, 1.54) is 7.11 Å². The van der Waals surface area contributed by atoms with Crippen LogP contribution in [-0.4, -0.2) is 13.0 Å². The molecule has 0 unspecified atom stereocenters. The van der Waals surface area contributed by atoms with Crippen molar-refractivity contribution in [2.45, 2.75) is 6.92 Å². The molecule has 1 amide bonds. The van der Waals surface area contributed by atoms with E-state index in [0.29, 0.717) is 5.56 Å². The smallest absolute Gasteiger partial charge is 0.275 e. The zero-order valence-corrected chi connectivity index (χ0v) is 9.58. The molecule has 0 bridgehead atoms. The van der Waals surface area contributed by atoms with E-state index in [-0.39, 0.29) is 5.91 Å². The van der Waals surface area contributed by atoms with E-state index in [9.17, 15) is 4.79 Å². The minimum atomic E-state index is -0.210. The van der Waals surface area contributed by atoms with Crippen LogP contribution in [0, 0.1) is 10.5 Å². The summed E-state index contributed by atoms with van der Waals surface area (Å²) < 4.78 is 1.07. The third kappa shape index (κ3) is 2.41. The summed E-state index contributed by atoms with van der Waals surface area (Å²) in [6.45, 7) is 1.91. The molecule has 1 aromatic rings. The number of halogens is 1. The van der Waals surface area contributed by atoms with Gasteiger partial charge in [0, 0.05) is 9.13 Å². The van der Waals surface area contributed by atoms with E-state index in [4.69, 9.17) is 0 Å². The van der Waals surface area contributed by atoms with Crippen LogP contribution in [0.5, 0.6) is 0 Å². The molecule has 1 rings (SSSR count). The van der Waals surface area contributed by atoms with Gasteiger partial charge in [-0.1, -0.05) is 6.07 Å². The van der Waals surface area contributed by atoms with Gasteiger partial charge in [0.2, 0.25) is 0 Å². The molecule has 0 spiro atoms. The molecule has 0 fully saturated rings. The van der Waals surface area contributed by atoms with Crippen molar-refractivity contribution in [3.8, 4) is 0 Å². The highest BCUT2D eigenvalue weighted by atomic mass is 127. The van der Waals surface area contributed by atoms with Crippen molar-refractivity contribution in [1.29, 1.82) is 0 Å². The Hall–Kier alpha value is -0.620. The molecule has 0 heterocycles. The Kier molecular flexibility index (Phi) is 3.68. The molecular formula is C9H10INO2. The molecule has 0 saturated carbocycles. The lowest BCUT2D eigenvalue weighted by Crippen LogP contribution is -2.22. The summed E-state index contributed by atoms with van der Waals surface area (Å²) in [4.78, 5) is 15.9. The van der Waals surface area contributed by atoms with Crippen LogP contribution in [0.3, 0.4) is 0 Å². The number of nitrogens with one attached hydrogen (secondary N) is 1. The van der Waals surface area contributed by atoms with Gasteiger partial charge in [-0.2, -0.15) is 0 Å². The van der Waals surface area contributed by atoms with E-state index < -0.39 is 0 Å². The first-order valence-electron chi connectivity index (χ1n) is 3.75. The molecular weight excluding hydrogens is 281 g/mol. The maximum absolute atomic E-state index is 11.4. The molecule has 0 aromatic heterocycles. The molecule has 1 aromatic carbocycles. The van der Waals surface area contributed by atoms with Crippen LogP contribution < -0.4 is 5.48 Å². The molecule has 13 heavy (non-hydrogen) atoms. The van der Waals surface area contributed by atoms with Crippen molar-refractivity contribution in [2.75, 3.05) is 7.11 Å². The maximum atomic E-state index is 11.4. The summed E-state index contributed by atoms with van der Waals surface area (Å²) in [5, 5.41) is 0.